The van der Waals surface area contributed by atoms with Gasteiger partial charge in [0.15, 0.2) is 0 Å². The summed E-state index contributed by atoms with van der Waals surface area (Å²) in [6.45, 7) is 10.3. The summed E-state index contributed by atoms with van der Waals surface area (Å²) in [7, 11) is 0. The summed E-state index contributed by atoms with van der Waals surface area (Å²) >= 11 is 0. The molecule has 9 heteroatoms. The van der Waals surface area contributed by atoms with Crippen molar-refractivity contribution >= 4 is 11.9 Å². The third kappa shape index (κ3) is 22.9. The van der Waals surface area contributed by atoms with Crippen LogP contribution in [-0.2, 0) is 33.3 Å². The average Bonchev–Trinajstić information content (AvgIpc) is 2.71. The standard InChI is InChI=1S/C20H39NO8/c1-3-18(2)17-29-16-15-28-14-13-27-12-11-26-10-9-25-8-4-7-21-19(22)5-6-20(23)24/h18H,3-17H2,1-2H3,(H,21,22)(H,23,24). The molecule has 9 nitrogen and oxygen atoms in total. The molecule has 0 aromatic rings. The zero-order chi connectivity index (χ0) is 21.6. The maximum absolute atomic E-state index is 11.3. The molecule has 0 fully saturated rings. The second-order valence-electron chi connectivity index (χ2n) is 6.64. The van der Waals surface area contributed by atoms with Crippen molar-refractivity contribution in [3.05, 3.63) is 0 Å². The third-order valence-corrected chi connectivity index (χ3v) is 3.94. The monoisotopic (exact) mass is 421 g/mol. The highest BCUT2D eigenvalue weighted by Gasteiger charge is 2.04. The fourth-order valence-electron chi connectivity index (χ4n) is 1.99. The van der Waals surface area contributed by atoms with E-state index in [1.165, 1.54) is 0 Å². The van der Waals surface area contributed by atoms with Gasteiger partial charge in [-0.05, 0) is 12.3 Å². The zero-order valence-electron chi connectivity index (χ0n) is 18.0. The van der Waals surface area contributed by atoms with Crippen LogP contribution in [0.3, 0.4) is 0 Å². The summed E-state index contributed by atoms with van der Waals surface area (Å²) in [5, 5.41) is 11.1. The number of hydrogen-bond acceptors (Lipinski definition) is 7. The van der Waals surface area contributed by atoms with Gasteiger partial charge in [-0.3, -0.25) is 9.59 Å². The fourth-order valence-corrected chi connectivity index (χ4v) is 1.99. The van der Waals surface area contributed by atoms with Gasteiger partial charge in [-0.15, -0.1) is 0 Å². The van der Waals surface area contributed by atoms with Crippen molar-refractivity contribution in [2.75, 3.05) is 72.6 Å². The number of aliphatic carboxylic acids is 1. The highest BCUT2D eigenvalue weighted by atomic mass is 16.6. The molecule has 0 spiro atoms. The molecule has 0 aromatic carbocycles. The van der Waals surface area contributed by atoms with Crippen LogP contribution in [0.4, 0.5) is 0 Å². The first kappa shape index (κ1) is 27.7. The number of carboxylic acids is 1. The molecular weight excluding hydrogens is 382 g/mol. The first-order valence-corrected chi connectivity index (χ1v) is 10.4. The Morgan fingerprint density at radius 2 is 1.28 bits per heavy atom. The van der Waals surface area contributed by atoms with E-state index < -0.39 is 5.97 Å². The molecule has 0 heterocycles. The Morgan fingerprint density at radius 3 is 1.76 bits per heavy atom. The van der Waals surface area contributed by atoms with Crippen molar-refractivity contribution in [2.45, 2.75) is 39.5 Å². The van der Waals surface area contributed by atoms with E-state index >= 15 is 0 Å². The highest BCUT2D eigenvalue weighted by Crippen LogP contribution is 1.99. The molecule has 2 N–H and O–H groups in total. The molecule has 1 amide bonds. The van der Waals surface area contributed by atoms with E-state index in [2.05, 4.69) is 19.2 Å². The molecule has 0 saturated heterocycles. The quantitative estimate of drug-likeness (QED) is 0.253. The lowest BCUT2D eigenvalue weighted by Crippen LogP contribution is -2.25. The Bertz CT molecular complexity index is 395. The lowest BCUT2D eigenvalue weighted by Gasteiger charge is -2.10. The first-order valence-electron chi connectivity index (χ1n) is 10.4. The fraction of sp³-hybridized carbons (Fsp3) is 0.900. The van der Waals surface area contributed by atoms with Crippen LogP contribution in [0, 0.1) is 5.92 Å². The minimum atomic E-state index is -0.972. The van der Waals surface area contributed by atoms with Crippen LogP contribution < -0.4 is 5.32 Å². The molecule has 0 rings (SSSR count). The number of nitrogens with one attached hydrogen (secondary N) is 1. The number of carbonyl (C=O) groups is 2. The predicted octanol–water partition coefficient (Wildman–Crippen LogP) is 1.49. The predicted molar refractivity (Wildman–Crippen MR) is 108 cm³/mol. The van der Waals surface area contributed by atoms with Crippen LogP contribution in [0.5, 0.6) is 0 Å². The van der Waals surface area contributed by atoms with Gasteiger partial charge in [-0.1, -0.05) is 20.3 Å². The number of carbonyl (C=O) groups excluding carboxylic acids is 1. The van der Waals surface area contributed by atoms with Gasteiger partial charge >= 0.3 is 5.97 Å². The van der Waals surface area contributed by atoms with Gasteiger partial charge in [0, 0.05) is 26.2 Å². The molecular formula is C20H39NO8. The lowest BCUT2D eigenvalue weighted by molar-refractivity contribution is -0.138. The second-order valence-corrected chi connectivity index (χ2v) is 6.64. The van der Waals surface area contributed by atoms with Crippen molar-refractivity contribution in [3.63, 3.8) is 0 Å². The summed E-state index contributed by atoms with van der Waals surface area (Å²) in [5.41, 5.74) is 0. The topological polar surface area (TPSA) is 113 Å². The van der Waals surface area contributed by atoms with Crippen LogP contribution in [0.1, 0.15) is 39.5 Å². The van der Waals surface area contributed by atoms with Gasteiger partial charge in [0.1, 0.15) is 0 Å². The first-order chi connectivity index (χ1) is 14.1. The maximum Gasteiger partial charge on any atom is 0.303 e. The Labute approximate surface area is 174 Å². The Morgan fingerprint density at radius 1 is 0.793 bits per heavy atom. The van der Waals surface area contributed by atoms with Gasteiger partial charge < -0.3 is 34.1 Å². The van der Waals surface area contributed by atoms with Crippen molar-refractivity contribution in [2.24, 2.45) is 5.92 Å². The molecule has 0 radical (unpaired) electrons. The van der Waals surface area contributed by atoms with Crippen LogP contribution in [0.2, 0.25) is 0 Å². The molecule has 0 bridgehead atoms. The minimum absolute atomic E-state index is 0.00499. The van der Waals surface area contributed by atoms with E-state index in [0.29, 0.717) is 78.3 Å². The number of amides is 1. The Kier molecular flexibility index (Phi) is 20.5. The van der Waals surface area contributed by atoms with Crippen LogP contribution >= 0.6 is 0 Å². The van der Waals surface area contributed by atoms with Crippen molar-refractivity contribution in [1.29, 1.82) is 0 Å². The van der Waals surface area contributed by atoms with Crippen molar-refractivity contribution in [1.82, 2.24) is 5.32 Å². The van der Waals surface area contributed by atoms with E-state index in [0.717, 1.165) is 13.0 Å². The summed E-state index contributed by atoms with van der Waals surface area (Å²) in [6, 6.07) is 0. The number of rotatable bonds is 22. The zero-order valence-corrected chi connectivity index (χ0v) is 18.0. The molecule has 172 valence electrons. The van der Waals surface area contributed by atoms with Gasteiger partial charge in [0.25, 0.3) is 0 Å². The van der Waals surface area contributed by atoms with Gasteiger partial charge in [-0.25, -0.2) is 0 Å². The van der Waals surface area contributed by atoms with Gasteiger partial charge in [0.2, 0.25) is 5.91 Å². The Hall–Kier alpha value is -1.26. The summed E-state index contributed by atoms with van der Waals surface area (Å²) < 4.78 is 27.1. The summed E-state index contributed by atoms with van der Waals surface area (Å²) in [4.78, 5) is 21.6. The van der Waals surface area contributed by atoms with E-state index in [1.807, 2.05) is 0 Å². The molecule has 0 saturated carbocycles. The third-order valence-electron chi connectivity index (χ3n) is 3.94. The van der Waals surface area contributed by atoms with E-state index in [4.69, 9.17) is 28.8 Å². The summed E-state index contributed by atoms with van der Waals surface area (Å²) in [6.07, 6.45) is 1.65. The largest absolute Gasteiger partial charge is 0.481 e. The Balaban J connectivity index is 3.12. The van der Waals surface area contributed by atoms with Crippen LogP contribution in [-0.4, -0.2) is 89.6 Å². The molecule has 1 unspecified atom stereocenters. The van der Waals surface area contributed by atoms with E-state index in [-0.39, 0.29) is 18.7 Å². The van der Waals surface area contributed by atoms with Gasteiger partial charge in [0.05, 0.1) is 59.3 Å². The molecule has 1 atom stereocenters. The normalized spacial score (nSPS) is 12.1. The number of ether oxygens (including phenoxy) is 5. The minimum Gasteiger partial charge on any atom is -0.481 e. The van der Waals surface area contributed by atoms with Crippen LogP contribution in [0.15, 0.2) is 0 Å². The maximum atomic E-state index is 11.3. The molecule has 0 aromatic heterocycles. The van der Waals surface area contributed by atoms with Gasteiger partial charge in [-0.2, -0.15) is 0 Å². The van der Waals surface area contributed by atoms with E-state index in [1.54, 1.807) is 0 Å². The van der Waals surface area contributed by atoms with Crippen molar-refractivity contribution in [3.8, 4) is 0 Å². The second kappa shape index (κ2) is 21.4. The lowest BCUT2D eigenvalue weighted by atomic mass is 10.1. The summed E-state index contributed by atoms with van der Waals surface area (Å²) in [5.74, 6) is -0.635. The smallest absolute Gasteiger partial charge is 0.303 e. The average molecular weight is 422 g/mol. The van der Waals surface area contributed by atoms with Crippen LogP contribution in [0.25, 0.3) is 0 Å². The highest BCUT2D eigenvalue weighted by molar-refractivity contribution is 5.80. The molecule has 0 aliphatic heterocycles. The van der Waals surface area contributed by atoms with E-state index in [9.17, 15) is 9.59 Å². The number of hydrogen-bond donors (Lipinski definition) is 2. The van der Waals surface area contributed by atoms with Crippen molar-refractivity contribution < 1.29 is 38.4 Å². The number of carboxylic acid groups (broad SMARTS) is 1. The molecule has 29 heavy (non-hydrogen) atoms. The molecule has 0 aliphatic carbocycles. The molecule has 0 aliphatic rings. The SMILES string of the molecule is CCC(C)COCCOCCOCCOCCOCCCNC(=O)CCC(=O)O.